The molecule has 0 N–H and O–H groups in total. The summed E-state index contributed by atoms with van der Waals surface area (Å²) < 4.78 is 129. The van der Waals surface area contributed by atoms with E-state index in [4.69, 9.17) is 0 Å². The summed E-state index contributed by atoms with van der Waals surface area (Å²) in [4.78, 5) is 32.1. The van der Waals surface area contributed by atoms with Crippen LogP contribution in [0.4, 0.5) is 45.2 Å². The number of fused-ring (bicyclic) bond motifs is 4. The van der Waals surface area contributed by atoms with Crippen LogP contribution >= 0.6 is 0 Å². The van der Waals surface area contributed by atoms with Gasteiger partial charge in [-0.05, 0) is 124 Å². The highest BCUT2D eigenvalue weighted by atomic mass is 19.4. The molecule has 0 saturated heterocycles. The van der Waals surface area contributed by atoms with Crippen molar-refractivity contribution < 1.29 is 49.1 Å². The topological polar surface area (TPSA) is 42.3 Å². The zero-order valence-electron chi connectivity index (χ0n) is 38.1. The van der Waals surface area contributed by atoms with E-state index in [1.165, 1.54) is 31.2 Å². The van der Waals surface area contributed by atoms with Crippen molar-refractivity contribution in [3.05, 3.63) is 228 Å². The SMILES string of the molecule is Cc1cc(-c2ccc3c4ccc(-c5cc(C(F)(F)F)cc(C(F)(F)F)c5)cc4n(-c4cccc5c4C(=O)N(c4c(-c6ccccc6)cc(-c6ccccc6)cc4-c4ccccc4)C5=O)c3c2)cc(C(F)(F)F)c1. The minimum absolute atomic E-state index is 0.00355. The molecule has 0 radical (unpaired) electrons. The van der Waals surface area contributed by atoms with Crippen LogP contribution in [0.3, 0.4) is 0 Å². The number of alkyl halides is 9. The third-order valence-corrected chi connectivity index (χ3v) is 13.2. The Morgan fingerprint density at radius 3 is 1.27 bits per heavy atom. The Morgan fingerprint density at radius 1 is 0.356 bits per heavy atom. The summed E-state index contributed by atoms with van der Waals surface area (Å²) in [5.74, 6) is -1.41. The van der Waals surface area contributed by atoms with Crippen LogP contribution in [-0.4, -0.2) is 16.4 Å². The number of hydrogen-bond acceptors (Lipinski definition) is 2. The highest BCUT2D eigenvalue weighted by molar-refractivity contribution is 6.37. The van der Waals surface area contributed by atoms with Gasteiger partial charge in [0.15, 0.2) is 0 Å². The van der Waals surface area contributed by atoms with E-state index < -0.39 is 52.6 Å². The van der Waals surface area contributed by atoms with Gasteiger partial charge in [0.05, 0.1) is 50.2 Å². The predicted octanol–water partition coefficient (Wildman–Crippen LogP) is 17.3. The van der Waals surface area contributed by atoms with Crippen LogP contribution in [0.1, 0.15) is 43.0 Å². The zero-order valence-corrected chi connectivity index (χ0v) is 38.1. The fourth-order valence-corrected chi connectivity index (χ4v) is 9.88. The molecule has 0 bridgehead atoms. The molecule has 2 amide bonds. The lowest BCUT2D eigenvalue weighted by atomic mass is 9.90. The minimum atomic E-state index is -5.14. The Hall–Kier alpha value is -8.71. The van der Waals surface area contributed by atoms with E-state index in [9.17, 15) is 39.5 Å². The quantitative estimate of drug-likeness (QED) is 0.118. The van der Waals surface area contributed by atoms with E-state index in [1.807, 2.05) is 103 Å². The molecule has 9 aromatic carbocycles. The zero-order chi connectivity index (χ0) is 51.1. The van der Waals surface area contributed by atoms with Crippen molar-refractivity contribution in [3.63, 3.8) is 0 Å². The first-order valence-corrected chi connectivity index (χ1v) is 22.8. The average Bonchev–Trinajstić information content (AvgIpc) is 3.84. The summed E-state index contributed by atoms with van der Waals surface area (Å²) in [6, 6.07) is 50.6. The van der Waals surface area contributed by atoms with Crippen molar-refractivity contribution in [1.82, 2.24) is 4.57 Å². The fourth-order valence-electron chi connectivity index (χ4n) is 9.88. The molecule has 1 aliphatic heterocycles. The number of carbonyl (C=O) groups is 2. The smallest absolute Gasteiger partial charge is 0.308 e. The van der Waals surface area contributed by atoms with E-state index in [1.54, 1.807) is 41.0 Å². The summed E-state index contributed by atoms with van der Waals surface area (Å²) in [7, 11) is 0. The Labute approximate surface area is 410 Å². The van der Waals surface area contributed by atoms with Crippen molar-refractivity contribution in [2.45, 2.75) is 25.5 Å². The van der Waals surface area contributed by atoms with Crippen molar-refractivity contribution in [2.24, 2.45) is 0 Å². The lowest BCUT2D eigenvalue weighted by molar-refractivity contribution is -0.143. The molecule has 0 spiro atoms. The van der Waals surface area contributed by atoms with Crippen LogP contribution in [0.5, 0.6) is 0 Å². The number of hydrogen-bond donors (Lipinski definition) is 0. The summed E-state index contributed by atoms with van der Waals surface area (Å²) in [6.07, 6.45) is -15.0. The number of rotatable bonds is 7. The van der Waals surface area contributed by atoms with E-state index in [-0.39, 0.29) is 45.2 Å². The first-order valence-electron chi connectivity index (χ1n) is 22.8. The van der Waals surface area contributed by atoms with Gasteiger partial charge in [0.2, 0.25) is 0 Å². The lowest BCUT2D eigenvalue weighted by Crippen LogP contribution is -2.30. The third-order valence-electron chi connectivity index (χ3n) is 13.2. The number of nitrogens with zero attached hydrogens (tertiary/aromatic N) is 2. The van der Waals surface area contributed by atoms with E-state index in [2.05, 4.69) is 0 Å². The molecular formula is C60H35F9N2O2. The van der Waals surface area contributed by atoms with Crippen molar-refractivity contribution in [2.75, 3.05) is 4.90 Å². The van der Waals surface area contributed by atoms with Gasteiger partial charge in [-0.2, -0.15) is 39.5 Å². The van der Waals surface area contributed by atoms with Gasteiger partial charge >= 0.3 is 18.5 Å². The normalized spacial score (nSPS) is 13.1. The number of amides is 2. The van der Waals surface area contributed by atoms with Crippen molar-refractivity contribution >= 4 is 39.3 Å². The average molecular weight is 987 g/mol. The van der Waals surface area contributed by atoms with E-state index >= 15 is 9.59 Å². The second-order valence-corrected chi connectivity index (χ2v) is 17.8. The van der Waals surface area contributed by atoms with Gasteiger partial charge in [-0.3, -0.25) is 9.59 Å². The lowest BCUT2D eigenvalue weighted by Gasteiger charge is -2.24. The molecule has 0 aliphatic carbocycles. The summed E-state index contributed by atoms with van der Waals surface area (Å²) in [6.45, 7) is 1.52. The van der Waals surface area contributed by atoms with Gasteiger partial charge < -0.3 is 4.57 Å². The maximum atomic E-state index is 15.7. The van der Waals surface area contributed by atoms with Gasteiger partial charge in [-0.25, -0.2) is 4.90 Å². The van der Waals surface area contributed by atoms with Crippen LogP contribution in [0.15, 0.2) is 194 Å². The Kier molecular flexibility index (Phi) is 11.0. The molecule has 0 saturated carbocycles. The van der Waals surface area contributed by atoms with Gasteiger partial charge in [-0.15, -0.1) is 0 Å². The molecule has 0 atom stereocenters. The van der Waals surface area contributed by atoms with Crippen LogP contribution in [0.25, 0.3) is 83.1 Å². The monoisotopic (exact) mass is 986 g/mol. The molecule has 1 aromatic heterocycles. The molecular weight excluding hydrogens is 952 g/mol. The number of benzene rings is 9. The molecule has 10 aromatic rings. The van der Waals surface area contributed by atoms with Crippen LogP contribution in [0.2, 0.25) is 0 Å². The standard InChI is InChI=1S/C60H35F9N2O2/c1-34-24-40(26-43(25-34)58(61,62)63)38-20-22-46-47-23-21-39(41-27-44(59(64,65)66)33-45(28-41)60(67,68)69)32-53(47)70(52(46)31-38)51-19-11-18-48-54(51)57(73)71(56(48)72)55-49(36-14-7-3-8-15-36)29-42(35-12-5-2-6-13-35)30-50(55)37-16-9-4-10-17-37/h2-33H,1H3. The first kappa shape index (κ1) is 46.7. The molecule has 73 heavy (non-hydrogen) atoms. The molecule has 11 rings (SSSR count). The largest absolute Gasteiger partial charge is 0.416 e. The maximum absolute atomic E-state index is 15.7. The number of aryl methyl sites for hydroxylation is 1. The van der Waals surface area contributed by atoms with E-state index in [0.717, 1.165) is 28.2 Å². The predicted molar refractivity (Wildman–Crippen MR) is 265 cm³/mol. The molecule has 0 unspecified atom stereocenters. The maximum Gasteiger partial charge on any atom is 0.416 e. The van der Waals surface area contributed by atoms with Gasteiger partial charge in [0.25, 0.3) is 11.8 Å². The highest BCUT2D eigenvalue weighted by Crippen LogP contribution is 2.48. The first-order chi connectivity index (χ1) is 34.8. The molecule has 13 heteroatoms. The molecule has 2 heterocycles. The van der Waals surface area contributed by atoms with Gasteiger partial charge in [0.1, 0.15) is 0 Å². The Morgan fingerprint density at radius 2 is 0.795 bits per heavy atom. The summed E-state index contributed by atoms with van der Waals surface area (Å²) >= 11 is 0. The number of imide groups is 1. The fraction of sp³-hybridized carbons (Fsp3) is 0.0667. The molecule has 4 nitrogen and oxygen atoms in total. The van der Waals surface area contributed by atoms with Crippen LogP contribution < -0.4 is 4.90 Å². The minimum Gasteiger partial charge on any atom is -0.308 e. The number of anilines is 1. The Balaban J connectivity index is 1.18. The second-order valence-electron chi connectivity index (χ2n) is 17.8. The Bertz CT molecular complexity index is 3770. The van der Waals surface area contributed by atoms with Crippen molar-refractivity contribution in [1.29, 1.82) is 0 Å². The summed E-state index contributed by atoms with van der Waals surface area (Å²) in [5, 5.41) is 0.920. The van der Waals surface area contributed by atoms with E-state index in [0.29, 0.717) is 61.8 Å². The third kappa shape index (κ3) is 8.30. The van der Waals surface area contributed by atoms with Gasteiger partial charge in [0, 0.05) is 21.9 Å². The summed E-state index contributed by atoms with van der Waals surface area (Å²) in [5.41, 5.74) is 1.50. The number of aromatic nitrogens is 1. The van der Waals surface area contributed by atoms with Crippen LogP contribution in [0, 0.1) is 6.92 Å². The van der Waals surface area contributed by atoms with Crippen molar-refractivity contribution in [3.8, 4) is 61.3 Å². The highest BCUT2D eigenvalue weighted by Gasteiger charge is 2.42. The molecule has 360 valence electrons. The van der Waals surface area contributed by atoms with Gasteiger partial charge in [-0.1, -0.05) is 127 Å². The number of carbonyl (C=O) groups excluding carboxylic acids is 2. The number of halogens is 9. The van der Waals surface area contributed by atoms with Crippen LogP contribution in [-0.2, 0) is 18.5 Å². The second kappa shape index (κ2) is 17.3. The molecule has 0 fully saturated rings. The molecule has 1 aliphatic rings.